The molecule has 0 bridgehead atoms. The smallest absolute Gasteiger partial charge is 0.226 e. The molecular formula is C19H29IN4O. The van der Waals surface area contributed by atoms with Crippen LogP contribution in [0.4, 0.5) is 5.69 Å². The fourth-order valence-corrected chi connectivity index (χ4v) is 2.94. The number of guanidine groups is 1. The van der Waals surface area contributed by atoms with Crippen LogP contribution in [0.15, 0.2) is 29.3 Å². The van der Waals surface area contributed by atoms with E-state index in [2.05, 4.69) is 34.7 Å². The Kier molecular flexibility index (Phi) is 7.99. The van der Waals surface area contributed by atoms with E-state index in [4.69, 9.17) is 0 Å². The van der Waals surface area contributed by atoms with E-state index >= 15 is 0 Å². The number of nitrogens with one attached hydrogen (secondary N) is 2. The molecule has 6 heteroatoms. The molecule has 1 saturated carbocycles. The quantitative estimate of drug-likeness (QED) is 0.393. The molecule has 2 N–H and O–H groups in total. The summed E-state index contributed by atoms with van der Waals surface area (Å²) < 4.78 is 0. The van der Waals surface area contributed by atoms with E-state index in [0.717, 1.165) is 55.6 Å². The Labute approximate surface area is 167 Å². The monoisotopic (exact) mass is 456 g/mol. The minimum absolute atomic E-state index is 0. The fourth-order valence-electron chi connectivity index (χ4n) is 2.94. The van der Waals surface area contributed by atoms with Crippen LogP contribution in [0.5, 0.6) is 0 Å². The summed E-state index contributed by atoms with van der Waals surface area (Å²) >= 11 is 0. The normalized spacial score (nSPS) is 17.9. The molecule has 1 aliphatic carbocycles. The summed E-state index contributed by atoms with van der Waals surface area (Å²) in [6.45, 7) is 5.45. The van der Waals surface area contributed by atoms with Gasteiger partial charge in [0.1, 0.15) is 0 Å². The maximum atomic E-state index is 12.0. The highest BCUT2D eigenvalue weighted by atomic mass is 127. The van der Waals surface area contributed by atoms with Crippen LogP contribution in [0.1, 0.15) is 44.6 Å². The molecule has 0 aromatic heterocycles. The molecular weight excluding hydrogens is 427 g/mol. The van der Waals surface area contributed by atoms with Crippen molar-refractivity contribution in [3.8, 4) is 0 Å². The first-order chi connectivity index (χ1) is 11.8. The van der Waals surface area contributed by atoms with Gasteiger partial charge in [-0.2, -0.15) is 0 Å². The summed E-state index contributed by atoms with van der Waals surface area (Å²) in [5, 5.41) is 6.70. The first-order valence-electron chi connectivity index (χ1n) is 9.17. The zero-order valence-corrected chi connectivity index (χ0v) is 17.3. The number of piperidine rings is 1. The van der Waals surface area contributed by atoms with Crippen LogP contribution in [0, 0.1) is 5.92 Å². The van der Waals surface area contributed by atoms with Crippen molar-refractivity contribution in [2.45, 2.75) is 45.6 Å². The van der Waals surface area contributed by atoms with Crippen LogP contribution in [-0.4, -0.2) is 31.5 Å². The first kappa shape index (κ1) is 20.0. The molecule has 0 unspecified atom stereocenters. The highest BCUT2D eigenvalue weighted by Gasteiger charge is 2.21. The van der Waals surface area contributed by atoms with Crippen molar-refractivity contribution in [3.05, 3.63) is 29.8 Å². The van der Waals surface area contributed by atoms with Gasteiger partial charge >= 0.3 is 0 Å². The van der Waals surface area contributed by atoms with Crippen molar-refractivity contribution in [2.24, 2.45) is 10.9 Å². The predicted molar refractivity (Wildman–Crippen MR) is 114 cm³/mol. The van der Waals surface area contributed by atoms with Crippen LogP contribution in [0.3, 0.4) is 0 Å². The summed E-state index contributed by atoms with van der Waals surface area (Å²) in [6.07, 6.45) is 5.45. The molecule has 2 fully saturated rings. The van der Waals surface area contributed by atoms with Gasteiger partial charge in [-0.3, -0.25) is 4.79 Å². The van der Waals surface area contributed by atoms with Gasteiger partial charge in [-0.1, -0.05) is 12.1 Å². The fraction of sp³-hybridized carbons (Fsp3) is 0.579. The lowest BCUT2D eigenvalue weighted by atomic mass is 10.1. The lowest BCUT2D eigenvalue weighted by Crippen LogP contribution is -2.38. The minimum atomic E-state index is 0. The number of hydrogen-bond donors (Lipinski definition) is 2. The summed E-state index contributed by atoms with van der Waals surface area (Å²) in [4.78, 5) is 18.5. The molecule has 0 atom stereocenters. The molecule has 2 aliphatic rings. The zero-order chi connectivity index (χ0) is 16.8. The Bertz CT molecular complexity index is 584. The molecule has 1 saturated heterocycles. The zero-order valence-electron chi connectivity index (χ0n) is 15.0. The molecule has 1 aromatic rings. The molecule has 138 valence electrons. The summed E-state index contributed by atoms with van der Waals surface area (Å²) in [7, 11) is 0. The van der Waals surface area contributed by atoms with Gasteiger partial charge in [-0.15, -0.1) is 24.0 Å². The number of anilines is 1. The number of hydrogen-bond acceptors (Lipinski definition) is 2. The van der Waals surface area contributed by atoms with E-state index in [9.17, 15) is 4.79 Å². The van der Waals surface area contributed by atoms with Crippen molar-refractivity contribution < 1.29 is 4.79 Å². The van der Waals surface area contributed by atoms with Crippen molar-refractivity contribution in [3.63, 3.8) is 0 Å². The first-order valence-corrected chi connectivity index (χ1v) is 9.17. The van der Waals surface area contributed by atoms with Crippen LogP contribution < -0.4 is 15.5 Å². The maximum absolute atomic E-state index is 12.0. The van der Waals surface area contributed by atoms with Crippen molar-refractivity contribution in [1.82, 2.24) is 10.6 Å². The van der Waals surface area contributed by atoms with Gasteiger partial charge in [0.25, 0.3) is 0 Å². The Morgan fingerprint density at radius 1 is 1.20 bits per heavy atom. The van der Waals surface area contributed by atoms with E-state index in [1.165, 1.54) is 12.8 Å². The Morgan fingerprint density at radius 3 is 2.60 bits per heavy atom. The molecule has 3 rings (SSSR count). The van der Waals surface area contributed by atoms with Gasteiger partial charge in [-0.05, 0) is 56.2 Å². The van der Waals surface area contributed by atoms with E-state index in [1.807, 2.05) is 17.0 Å². The number of nitrogens with zero attached hydrogens (tertiary/aromatic N) is 2. The van der Waals surface area contributed by atoms with Crippen LogP contribution in [-0.2, 0) is 11.3 Å². The largest absolute Gasteiger partial charge is 0.357 e. The van der Waals surface area contributed by atoms with Crippen molar-refractivity contribution in [1.29, 1.82) is 0 Å². The Hall–Kier alpha value is -1.31. The van der Waals surface area contributed by atoms with Crippen LogP contribution in [0.2, 0.25) is 0 Å². The second kappa shape index (κ2) is 9.99. The topological polar surface area (TPSA) is 56.7 Å². The highest BCUT2D eigenvalue weighted by molar-refractivity contribution is 14.0. The number of carbonyl (C=O) groups excluding carboxylic acids is 1. The van der Waals surface area contributed by atoms with Gasteiger partial charge < -0.3 is 15.5 Å². The number of carbonyl (C=O) groups is 1. The second-order valence-corrected chi connectivity index (χ2v) is 6.69. The van der Waals surface area contributed by atoms with Crippen molar-refractivity contribution >= 4 is 41.5 Å². The Morgan fingerprint density at radius 2 is 1.96 bits per heavy atom. The predicted octanol–water partition coefficient (Wildman–Crippen LogP) is 3.29. The standard InChI is InChI=1S/C19H28N4O.HI/c1-2-20-19(21-13-15-6-7-15)22-14-16-8-10-17(11-9-16)23-12-4-3-5-18(23)24;/h8-11,15H,2-7,12-14H2,1H3,(H2,20,21,22);1H. The lowest BCUT2D eigenvalue weighted by Gasteiger charge is -2.26. The van der Waals surface area contributed by atoms with Crippen molar-refractivity contribution in [2.75, 3.05) is 24.5 Å². The molecule has 0 spiro atoms. The van der Waals surface area contributed by atoms with Gasteiger partial charge in [0.15, 0.2) is 5.96 Å². The SMILES string of the molecule is CCNC(=NCc1ccc(N2CCCCC2=O)cc1)NCC1CC1.I. The van der Waals surface area contributed by atoms with Crippen LogP contribution in [0.25, 0.3) is 0 Å². The number of halogens is 1. The third-order valence-electron chi connectivity index (χ3n) is 4.59. The summed E-state index contributed by atoms with van der Waals surface area (Å²) in [6, 6.07) is 8.23. The minimum Gasteiger partial charge on any atom is -0.357 e. The number of rotatable bonds is 6. The van der Waals surface area contributed by atoms with E-state index < -0.39 is 0 Å². The lowest BCUT2D eigenvalue weighted by molar-refractivity contribution is -0.119. The van der Waals surface area contributed by atoms with E-state index in [0.29, 0.717) is 13.0 Å². The number of amides is 1. The molecule has 1 heterocycles. The van der Waals surface area contributed by atoms with Gasteiger partial charge in [-0.25, -0.2) is 4.99 Å². The average Bonchev–Trinajstić information content (AvgIpc) is 3.43. The van der Waals surface area contributed by atoms with Crippen LogP contribution >= 0.6 is 24.0 Å². The molecule has 1 amide bonds. The summed E-state index contributed by atoms with van der Waals surface area (Å²) in [5.41, 5.74) is 2.16. The molecule has 25 heavy (non-hydrogen) atoms. The average molecular weight is 456 g/mol. The Balaban J connectivity index is 0.00000225. The molecule has 1 aliphatic heterocycles. The highest BCUT2D eigenvalue weighted by Crippen LogP contribution is 2.27. The number of benzene rings is 1. The third-order valence-corrected chi connectivity index (χ3v) is 4.59. The van der Waals surface area contributed by atoms with E-state index in [-0.39, 0.29) is 29.9 Å². The van der Waals surface area contributed by atoms with Gasteiger partial charge in [0.2, 0.25) is 5.91 Å². The maximum Gasteiger partial charge on any atom is 0.226 e. The van der Waals surface area contributed by atoms with Gasteiger partial charge in [0, 0.05) is 31.7 Å². The number of aliphatic imine (C=N–C) groups is 1. The van der Waals surface area contributed by atoms with E-state index in [1.54, 1.807) is 0 Å². The molecule has 5 nitrogen and oxygen atoms in total. The second-order valence-electron chi connectivity index (χ2n) is 6.69. The third kappa shape index (κ3) is 6.17. The summed E-state index contributed by atoms with van der Waals surface area (Å²) in [5.74, 6) is 1.96. The van der Waals surface area contributed by atoms with Gasteiger partial charge in [0.05, 0.1) is 6.54 Å². The molecule has 1 aromatic carbocycles. The molecule has 0 radical (unpaired) electrons.